The number of aliphatic hydroxyl groups is 1. The molecule has 1 aromatic heterocycles. The molecule has 0 saturated heterocycles. The fourth-order valence-corrected chi connectivity index (χ4v) is 1.58. The fourth-order valence-electron chi connectivity index (χ4n) is 1.58. The number of nitrogens with zero attached hydrogens (tertiary/aromatic N) is 2. The highest BCUT2D eigenvalue weighted by atomic mass is 19.3. The molecule has 0 aliphatic carbocycles. The Kier molecular flexibility index (Phi) is 4.41. The van der Waals surface area contributed by atoms with Gasteiger partial charge in [-0.25, -0.2) is 13.5 Å². The number of amides is 1. The molecule has 20 heavy (non-hydrogen) atoms. The lowest BCUT2D eigenvalue weighted by Gasteiger charge is -2.11. The number of hydrogen-bond acceptors (Lipinski definition) is 3. The summed E-state index contributed by atoms with van der Waals surface area (Å²) >= 11 is 0. The summed E-state index contributed by atoms with van der Waals surface area (Å²) in [6.45, 7) is -0.489. The Balaban J connectivity index is 1.98. The molecule has 0 spiro atoms. The second kappa shape index (κ2) is 6.25. The van der Waals surface area contributed by atoms with Crippen LogP contribution in [0.15, 0.2) is 42.7 Å². The van der Waals surface area contributed by atoms with E-state index >= 15 is 0 Å². The number of carbonyl (C=O) groups excluding carboxylic acids is 1. The fraction of sp³-hybridized carbons (Fsp3) is 0.231. The molecule has 0 aliphatic rings. The van der Waals surface area contributed by atoms with E-state index in [1.54, 1.807) is 47.4 Å². The van der Waals surface area contributed by atoms with Gasteiger partial charge in [-0.3, -0.25) is 4.79 Å². The molecule has 1 amide bonds. The lowest BCUT2D eigenvalue weighted by molar-refractivity contribution is -0.00270. The quantitative estimate of drug-likeness (QED) is 0.866. The number of nitrogens with one attached hydrogen (secondary N) is 1. The van der Waals surface area contributed by atoms with Crippen LogP contribution >= 0.6 is 0 Å². The van der Waals surface area contributed by atoms with Crippen LogP contribution in [-0.4, -0.2) is 39.9 Å². The number of carbonyl (C=O) groups is 1. The van der Waals surface area contributed by atoms with Crippen LogP contribution in [0.3, 0.4) is 0 Å². The van der Waals surface area contributed by atoms with Crippen LogP contribution in [0.1, 0.15) is 10.4 Å². The van der Waals surface area contributed by atoms with Crippen LogP contribution in [-0.2, 0) is 0 Å². The van der Waals surface area contributed by atoms with E-state index in [-0.39, 0.29) is 0 Å². The largest absolute Gasteiger partial charge is 0.385 e. The molecule has 0 fully saturated rings. The Morgan fingerprint density at radius 2 is 2.05 bits per heavy atom. The first-order valence-electron chi connectivity index (χ1n) is 5.92. The Morgan fingerprint density at radius 1 is 1.35 bits per heavy atom. The molecule has 0 aliphatic heterocycles. The maximum Gasteiger partial charge on any atom is 0.265 e. The maximum absolute atomic E-state index is 12.1. The molecule has 7 heteroatoms. The summed E-state index contributed by atoms with van der Waals surface area (Å²) < 4.78 is 25.8. The van der Waals surface area contributed by atoms with Gasteiger partial charge in [-0.2, -0.15) is 5.10 Å². The van der Waals surface area contributed by atoms with Crippen molar-refractivity contribution in [2.45, 2.75) is 12.5 Å². The van der Waals surface area contributed by atoms with E-state index in [1.807, 2.05) is 0 Å². The molecule has 0 radical (unpaired) electrons. The average molecular weight is 281 g/mol. The third kappa shape index (κ3) is 3.39. The van der Waals surface area contributed by atoms with Gasteiger partial charge in [0.15, 0.2) is 0 Å². The van der Waals surface area contributed by atoms with Crippen LogP contribution in [0.4, 0.5) is 8.78 Å². The zero-order valence-electron chi connectivity index (χ0n) is 10.4. The van der Waals surface area contributed by atoms with Gasteiger partial charge in [-0.05, 0) is 30.3 Å². The zero-order valence-corrected chi connectivity index (χ0v) is 10.4. The van der Waals surface area contributed by atoms with Crippen LogP contribution in [0.25, 0.3) is 5.69 Å². The van der Waals surface area contributed by atoms with Crippen LogP contribution in [0.2, 0.25) is 0 Å². The Hall–Kier alpha value is -2.28. The van der Waals surface area contributed by atoms with Gasteiger partial charge in [0.2, 0.25) is 0 Å². The summed E-state index contributed by atoms with van der Waals surface area (Å²) in [6.07, 6.45) is -1.35. The van der Waals surface area contributed by atoms with Gasteiger partial charge in [-0.15, -0.1) is 0 Å². The predicted octanol–water partition coefficient (Wildman–Crippen LogP) is 1.23. The van der Waals surface area contributed by atoms with Gasteiger partial charge in [0.1, 0.15) is 6.10 Å². The first-order chi connectivity index (χ1) is 9.58. The van der Waals surface area contributed by atoms with Gasteiger partial charge in [0.05, 0.1) is 5.69 Å². The van der Waals surface area contributed by atoms with E-state index < -0.39 is 25.0 Å². The first-order valence-corrected chi connectivity index (χ1v) is 5.92. The molecule has 0 bridgehead atoms. The topological polar surface area (TPSA) is 67.2 Å². The van der Waals surface area contributed by atoms with E-state index in [1.165, 1.54) is 0 Å². The number of aromatic nitrogens is 2. The van der Waals surface area contributed by atoms with Gasteiger partial charge in [0, 0.05) is 24.5 Å². The summed E-state index contributed by atoms with van der Waals surface area (Å²) in [5.41, 5.74) is 1.10. The van der Waals surface area contributed by atoms with E-state index in [0.29, 0.717) is 5.56 Å². The van der Waals surface area contributed by atoms with Crippen LogP contribution < -0.4 is 5.32 Å². The van der Waals surface area contributed by atoms with E-state index in [9.17, 15) is 13.6 Å². The van der Waals surface area contributed by atoms with Gasteiger partial charge in [-0.1, -0.05) is 0 Å². The highest BCUT2D eigenvalue weighted by Crippen LogP contribution is 2.08. The van der Waals surface area contributed by atoms with E-state index in [0.717, 1.165) is 5.69 Å². The van der Waals surface area contributed by atoms with Crippen LogP contribution in [0, 0.1) is 0 Å². The number of aliphatic hydroxyl groups excluding tert-OH is 1. The molecular formula is C13H13F2N3O2. The van der Waals surface area contributed by atoms with Crippen molar-refractivity contribution in [3.63, 3.8) is 0 Å². The minimum Gasteiger partial charge on any atom is -0.385 e. The second-order valence-electron chi connectivity index (χ2n) is 4.11. The highest BCUT2D eigenvalue weighted by Gasteiger charge is 2.17. The molecule has 5 nitrogen and oxygen atoms in total. The van der Waals surface area contributed by atoms with Crippen molar-refractivity contribution in [2.24, 2.45) is 0 Å². The van der Waals surface area contributed by atoms with Gasteiger partial charge in [0.25, 0.3) is 12.3 Å². The zero-order chi connectivity index (χ0) is 14.5. The van der Waals surface area contributed by atoms with Crippen molar-refractivity contribution >= 4 is 5.91 Å². The predicted molar refractivity (Wildman–Crippen MR) is 67.9 cm³/mol. The number of hydrogen-bond donors (Lipinski definition) is 2. The molecule has 106 valence electrons. The number of alkyl halides is 2. The van der Waals surface area contributed by atoms with E-state index in [4.69, 9.17) is 5.11 Å². The van der Waals surface area contributed by atoms with Crippen molar-refractivity contribution in [3.05, 3.63) is 48.3 Å². The number of benzene rings is 1. The standard InChI is InChI=1S/C13H13F2N3O2/c14-12(15)11(19)8-16-13(20)9-2-4-10(5-3-9)18-7-1-6-17-18/h1-7,11-12,19H,8H2,(H,16,20). The average Bonchev–Trinajstić information content (AvgIpc) is 2.98. The van der Waals surface area contributed by atoms with Crippen molar-refractivity contribution in [1.29, 1.82) is 0 Å². The minimum absolute atomic E-state index is 0.322. The molecule has 2 N–H and O–H groups in total. The lowest BCUT2D eigenvalue weighted by Crippen LogP contribution is -2.35. The molecule has 1 atom stereocenters. The lowest BCUT2D eigenvalue weighted by atomic mass is 10.2. The summed E-state index contributed by atoms with van der Waals surface area (Å²) in [6, 6.07) is 8.26. The van der Waals surface area contributed by atoms with Crippen molar-refractivity contribution in [2.75, 3.05) is 6.54 Å². The monoisotopic (exact) mass is 281 g/mol. The molecule has 2 aromatic rings. The van der Waals surface area contributed by atoms with E-state index in [2.05, 4.69) is 10.4 Å². The van der Waals surface area contributed by atoms with Crippen molar-refractivity contribution < 1.29 is 18.7 Å². The summed E-state index contributed by atoms with van der Waals surface area (Å²) in [4.78, 5) is 11.7. The molecular weight excluding hydrogens is 268 g/mol. The molecule has 2 rings (SSSR count). The van der Waals surface area contributed by atoms with Crippen molar-refractivity contribution in [1.82, 2.24) is 15.1 Å². The SMILES string of the molecule is O=C(NCC(O)C(F)F)c1ccc(-n2cccn2)cc1. The van der Waals surface area contributed by atoms with Gasteiger partial charge < -0.3 is 10.4 Å². The normalized spacial score (nSPS) is 12.4. The Labute approximate surface area is 113 Å². The molecule has 0 saturated carbocycles. The minimum atomic E-state index is -2.88. The number of halogens is 2. The summed E-state index contributed by atoms with van der Waals surface area (Å²) in [5.74, 6) is -0.517. The second-order valence-corrected chi connectivity index (χ2v) is 4.11. The van der Waals surface area contributed by atoms with Crippen LogP contribution in [0.5, 0.6) is 0 Å². The highest BCUT2D eigenvalue weighted by molar-refractivity contribution is 5.94. The third-order valence-electron chi connectivity index (χ3n) is 2.66. The third-order valence-corrected chi connectivity index (χ3v) is 2.66. The number of rotatable bonds is 5. The van der Waals surface area contributed by atoms with Gasteiger partial charge >= 0.3 is 0 Å². The maximum atomic E-state index is 12.1. The molecule has 1 unspecified atom stereocenters. The Morgan fingerprint density at radius 3 is 2.60 bits per heavy atom. The summed E-state index contributed by atoms with van der Waals surface area (Å²) in [7, 11) is 0. The molecule has 1 aromatic carbocycles. The van der Waals surface area contributed by atoms with Crippen molar-refractivity contribution in [3.8, 4) is 5.69 Å². The summed E-state index contributed by atoms with van der Waals surface area (Å²) in [5, 5.41) is 15.2. The Bertz CT molecular complexity index is 556. The first kappa shape index (κ1) is 14.1. The molecule has 1 heterocycles. The smallest absolute Gasteiger partial charge is 0.265 e.